The highest BCUT2D eigenvalue weighted by Gasteiger charge is 2.27. The molecule has 1 aromatic carbocycles. The Hall–Kier alpha value is -1.11. The smallest absolute Gasteiger partial charge is 0.240 e. The Morgan fingerprint density at radius 2 is 1.80 bits per heavy atom. The van der Waals surface area contributed by atoms with Gasteiger partial charge in [0.15, 0.2) is 0 Å². The zero-order valence-corrected chi connectivity index (χ0v) is 12.8. The molecule has 5 nitrogen and oxygen atoms in total. The van der Waals surface area contributed by atoms with Crippen LogP contribution in [0.5, 0.6) is 0 Å². The Morgan fingerprint density at radius 3 is 2.35 bits per heavy atom. The largest absolute Gasteiger partial charge is 0.384 e. The molecule has 0 spiro atoms. The molecule has 112 valence electrons. The molecule has 0 aromatic heterocycles. The van der Waals surface area contributed by atoms with Gasteiger partial charge < -0.3 is 10.6 Å². The van der Waals surface area contributed by atoms with Gasteiger partial charge >= 0.3 is 0 Å². The van der Waals surface area contributed by atoms with Crippen molar-refractivity contribution >= 4 is 15.7 Å². The number of hydrogen-bond donors (Lipinski definition) is 3. The highest BCUT2D eigenvalue weighted by Crippen LogP contribution is 2.22. The monoisotopic (exact) mass is 297 g/mol. The van der Waals surface area contributed by atoms with Crippen molar-refractivity contribution in [3.8, 4) is 0 Å². The SMILES string of the molecule is CC(C)NCCNc1ccc(S(=O)(=O)NC2CC2)cc1. The van der Waals surface area contributed by atoms with Crippen molar-refractivity contribution in [1.29, 1.82) is 0 Å². The number of sulfonamides is 1. The van der Waals surface area contributed by atoms with Crippen LogP contribution in [-0.2, 0) is 10.0 Å². The molecule has 0 saturated heterocycles. The Kier molecular flexibility index (Phi) is 5.01. The predicted molar refractivity (Wildman–Crippen MR) is 81.4 cm³/mol. The summed E-state index contributed by atoms with van der Waals surface area (Å²) in [5.74, 6) is 0. The van der Waals surface area contributed by atoms with Crippen molar-refractivity contribution in [2.75, 3.05) is 18.4 Å². The average Bonchev–Trinajstić information content (AvgIpc) is 3.18. The summed E-state index contributed by atoms with van der Waals surface area (Å²) < 4.78 is 26.6. The minimum absolute atomic E-state index is 0.139. The normalized spacial score (nSPS) is 15.6. The molecule has 0 heterocycles. The van der Waals surface area contributed by atoms with Gasteiger partial charge in [-0.3, -0.25) is 0 Å². The van der Waals surface area contributed by atoms with E-state index in [2.05, 4.69) is 29.2 Å². The molecular formula is C14H23N3O2S. The summed E-state index contributed by atoms with van der Waals surface area (Å²) in [7, 11) is -3.34. The fourth-order valence-corrected chi connectivity index (χ4v) is 3.11. The summed E-state index contributed by atoms with van der Waals surface area (Å²) in [5, 5.41) is 6.57. The first-order valence-electron chi connectivity index (χ1n) is 7.07. The topological polar surface area (TPSA) is 70.2 Å². The lowest BCUT2D eigenvalue weighted by Gasteiger charge is -2.11. The quantitative estimate of drug-likeness (QED) is 0.637. The molecule has 0 unspecified atom stereocenters. The van der Waals surface area contributed by atoms with Gasteiger partial charge in [0.1, 0.15) is 0 Å². The van der Waals surface area contributed by atoms with E-state index >= 15 is 0 Å². The van der Waals surface area contributed by atoms with Crippen molar-refractivity contribution in [1.82, 2.24) is 10.0 Å². The summed E-state index contributed by atoms with van der Waals surface area (Å²) in [6.45, 7) is 5.89. The van der Waals surface area contributed by atoms with E-state index in [1.165, 1.54) is 0 Å². The van der Waals surface area contributed by atoms with Crippen LogP contribution in [0.2, 0.25) is 0 Å². The molecular weight excluding hydrogens is 274 g/mol. The van der Waals surface area contributed by atoms with Gasteiger partial charge in [-0.1, -0.05) is 13.8 Å². The van der Waals surface area contributed by atoms with Crippen molar-refractivity contribution in [2.45, 2.75) is 43.7 Å². The maximum Gasteiger partial charge on any atom is 0.240 e. The molecule has 0 aliphatic heterocycles. The van der Waals surface area contributed by atoms with Crippen LogP contribution in [0, 0.1) is 0 Å². The lowest BCUT2D eigenvalue weighted by Crippen LogP contribution is -2.28. The van der Waals surface area contributed by atoms with Crippen LogP contribution in [0.25, 0.3) is 0 Å². The highest BCUT2D eigenvalue weighted by molar-refractivity contribution is 7.89. The standard InChI is InChI=1S/C14H23N3O2S/c1-11(2)15-9-10-16-12-5-7-14(8-6-12)20(18,19)17-13-3-4-13/h5-8,11,13,15-17H,3-4,9-10H2,1-2H3. The van der Waals surface area contributed by atoms with Crippen molar-refractivity contribution < 1.29 is 8.42 Å². The van der Waals surface area contributed by atoms with E-state index in [0.717, 1.165) is 31.6 Å². The second kappa shape index (κ2) is 6.56. The molecule has 20 heavy (non-hydrogen) atoms. The third-order valence-electron chi connectivity index (χ3n) is 3.07. The Bertz CT molecular complexity index is 522. The fourth-order valence-electron chi connectivity index (χ4n) is 1.81. The van der Waals surface area contributed by atoms with Gasteiger partial charge in [-0.05, 0) is 37.1 Å². The first kappa shape index (κ1) is 15.3. The number of nitrogens with one attached hydrogen (secondary N) is 3. The molecule has 1 aliphatic carbocycles. The third kappa shape index (κ3) is 4.77. The van der Waals surface area contributed by atoms with Crippen LogP contribution in [-0.4, -0.2) is 33.6 Å². The zero-order chi connectivity index (χ0) is 14.6. The molecule has 3 N–H and O–H groups in total. The molecule has 0 radical (unpaired) electrons. The summed E-state index contributed by atoms with van der Waals surface area (Å²) in [6, 6.07) is 7.50. The van der Waals surface area contributed by atoms with E-state index in [1.54, 1.807) is 24.3 Å². The number of benzene rings is 1. The Morgan fingerprint density at radius 1 is 1.15 bits per heavy atom. The van der Waals surface area contributed by atoms with Gasteiger partial charge in [0, 0.05) is 30.9 Å². The lowest BCUT2D eigenvalue weighted by atomic mass is 10.3. The van der Waals surface area contributed by atoms with Gasteiger partial charge in [-0.15, -0.1) is 0 Å². The molecule has 0 bridgehead atoms. The zero-order valence-electron chi connectivity index (χ0n) is 12.0. The molecule has 6 heteroatoms. The van der Waals surface area contributed by atoms with Crippen LogP contribution < -0.4 is 15.4 Å². The van der Waals surface area contributed by atoms with Crippen molar-refractivity contribution in [3.63, 3.8) is 0 Å². The Balaban J connectivity index is 1.85. The first-order chi connectivity index (χ1) is 9.47. The molecule has 0 atom stereocenters. The van der Waals surface area contributed by atoms with Gasteiger partial charge in [0.05, 0.1) is 4.90 Å². The predicted octanol–water partition coefficient (Wildman–Crippen LogP) is 1.54. The minimum atomic E-state index is -3.34. The fraction of sp³-hybridized carbons (Fsp3) is 0.571. The van der Waals surface area contributed by atoms with Crippen LogP contribution in [0.4, 0.5) is 5.69 Å². The summed E-state index contributed by atoms with van der Waals surface area (Å²) in [5.41, 5.74) is 0.931. The summed E-state index contributed by atoms with van der Waals surface area (Å²) >= 11 is 0. The first-order valence-corrected chi connectivity index (χ1v) is 8.55. The average molecular weight is 297 g/mol. The van der Waals surface area contributed by atoms with Gasteiger partial charge in [-0.2, -0.15) is 0 Å². The third-order valence-corrected chi connectivity index (χ3v) is 4.61. The second-order valence-corrected chi connectivity index (χ2v) is 7.17. The maximum atomic E-state index is 12.0. The van der Waals surface area contributed by atoms with Crippen LogP contribution in [0.3, 0.4) is 0 Å². The van der Waals surface area contributed by atoms with Crippen molar-refractivity contribution in [2.24, 2.45) is 0 Å². The van der Waals surface area contributed by atoms with E-state index in [9.17, 15) is 8.42 Å². The van der Waals surface area contributed by atoms with Crippen LogP contribution >= 0.6 is 0 Å². The highest BCUT2D eigenvalue weighted by atomic mass is 32.2. The van der Waals surface area contributed by atoms with E-state index in [-0.39, 0.29) is 6.04 Å². The summed E-state index contributed by atoms with van der Waals surface area (Å²) in [6.07, 6.45) is 1.89. The second-order valence-electron chi connectivity index (χ2n) is 5.46. The molecule has 1 fully saturated rings. The maximum absolute atomic E-state index is 12.0. The minimum Gasteiger partial charge on any atom is -0.384 e. The van der Waals surface area contributed by atoms with Gasteiger partial charge in [0.2, 0.25) is 10.0 Å². The molecule has 1 aliphatic rings. The number of rotatable bonds is 8. The Labute approximate surface area is 121 Å². The van der Waals surface area contributed by atoms with Gasteiger partial charge in [0.25, 0.3) is 0 Å². The van der Waals surface area contributed by atoms with Crippen LogP contribution in [0.15, 0.2) is 29.2 Å². The number of anilines is 1. The van der Waals surface area contributed by atoms with E-state index in [0.29, 0.717) is 10.9 Å². The van der Waals surface area contributed by atoms with Crippen molar-refractivity contribution in [3.05, 3.63) is 24.3 Å². The van der Waals surface area contributed by atoms with E-state index < -0.39 is 10.0 Å². The molecule has 0 amide bonds. The van der Waals surface area contributed by atoms with Crippen LogP contribution in [0.1, 0.15) is 26.7 Å². The van der Waals surface area contributed by atoms with Gasteiger partial charge in [-0.25, -0.2) is 13.1 Å². The molecule has 1 aromatic rings. The molecule has 2 rings (SSSR count). The molecule has 1 saturated carbocycles. The summed E-state index contributed by atoms with van der Waals surface area (Å²) in [4.78, 5) is 0.329. The van der Waals surface area contributed by atoms with E-state index in [1.807, 2.05) is 0 Å². The van der Waals surface area contributed by atoms with E-state index in [4.69, 9.17) is 0 Å². The number of hydrogen-bond acceptors (Lipinski definition) is 4. The lowest BCUT2D eigenvalue weighted by molar-refractivity contribution is 0.581.